The molecule has 0 bridgehead atoms. The maximum atomic E-state index is 11.2. The fourth-order valence-electron chi connectivity index (χ4n) is 1.32. The Bertz CT molecular complexity index is 306. The van der Waals surface area contributed by atoms with E-state index in [-0.39, 0.29) is 5.91 Å². The molecule has 0 saturated carbocycles. The third-order valence-electron chi connectivity index (χ3n) is 2.26. The summed E-state index contributed by atoms with van der Waals surface area (Å²) in [5.74, 6) is 0.0251. The van der Waals surface area contributed by atoms with E-state index in [1.165, 1.54) is 5.56 Å². The highest BCUT2D eigenvalue weighted by Gasteiger charge is 1.98. The molecule has 1 aromatic carbocycles. The molecule has 1 aromatic rings. The Balaban J connectivity index is 2.40. The predicted octanol–water partition coefficient (Wildman–Crippen LogP) is 1.08. The summed E-state index contributed by atoms with van der Waals surface area (Å²) in [5, 5.41) is 5.65. The van der Waals surface area contributed by atoms with Gasteiger partial charge in [0.15, 0.2) is 0 Å². The van der Waals surface area contributed by atoms with Gasteiger partial charge in [0.2, 0.25) is 5.91 Å². The van der Waals surface area contributed by atoms with Crippen LogP contribution in [0.15, 0.2) is 24.3 Å². The first-order valence-corrected chi connectivity index (χ1v) is 5.25. The molecular formula is C12H18N2O. The van der Waals surface area contributed by atoms with Crippen LogP contribution in [0.25, 0.3) is 0 Å². The largest absolute Gasteiger partial charge is 0.351 e. The standard InChI is InChI=1S/C12H18N2O/c1-3-10-4-6-11(7-5-10)8-14-12(15)9-13-2/h4-7,13H,3,8-9H2,1-2H3,(H,14,15). The maximum absolute atomic E-state index is 11.2. The lowest BCUT2D eigenvalue weighted by Crippen LogP contribution is -2.31. The van der Waals surface area contributed by atoms with Crippen LogP contribution in [-0.2, 0) is 17.8 Å². The van der Waals surface area contributed by atoms with Crippen LogP contribution in [0.2, 0.25) is 0 Å². The van der Waals surface area contributed by atoms with Crippen LogP contribution < -0.4 is 10.6 Å². The van der Waals surface area contributed by atoms with E-state index >= 15 is 0 Å². The lowest BCUT2D eigenvalue weighted by molar-refractivity contribution is -0.120. The minimum absolute atomic E-state index is 0.0251. The Morgan fingerprint density at radius 3 is 2.33 bits per heavy atom. The van der Waals surface area contributed by atoms with Gasteiger partial charge in [0.05, 0.1) is 6.54 Å². The lowest BCUT2D eigenvalue weighted by atomic mass is 10.1. The highest BCUT2D eigenvalue weighted by atomic mass is 16.1. The van der Waals surface area contributed by atoms with Crippen molar-refractivity contribution in [3.05, 3.63) is 35.4 Å². The first-order chi connectivity index (χ1) is 7.26. The molecule has 0 aliphatic carbocycles. The van der Waals surface area contributed by atoms with Gasteiger partial charge in [0.25, 0.3) is 0 Å². The van der Waals surface area contributed by atoms with Crippen molar-refractivity contribution in [2.24, 2.45) is 0 Å². The van der Waals surface area contributed by atoms with Gasteiger partial charge >= 0.3 is 0 Å². The Labute approximate surface area is 90.9 Å². The molecule has 3 heteroatoms. The minimum Gasteiger partial charge on any atom is -0.351 e. The monoisotopic (exact) mass is 206 g/mol. The van der Waals surface area contributed by atoms with Gasteiger partial charge in [-0.1, -0.05) is 31.2 Å². The number of carbonyl (C=O) groups is 1. The third kappa shape index (κ3) is 4.13. The molecule has 0 aliphatic heterocycles. The quantitative estimate of drug-likeness (QED) is 0.757. The summed E-state index contributed by atoms with van der Waals surface area (Å²) in [6.07, 6.45) is 1.05. The van der Waals surface area contributed by atoms with Crippen LogP contribution in [0.1, 0.15) is 18.1 Å². The number of rotatable bonds is 5. The molecule has 15 heavy (non-hydrogen) atoms. The summed E-state index contributed by atoms with van der Waals surface area (Å²) in [4.78, 5) is 11.2. The van der Waals surface area contributed by atoms with Gasteiger partial charge in [-0.15, -0.1) is 0 Å². The Morgan fingerprint density at radius 1 is 1.20 bits per heavy atom. The Kier molecular flexibility index (Phi) is 4.84. The molecule has 0 radical (unpaired) electrons. The molecule has 1 rings (SSSR count). The van der Waals surface area contributed by atoms with Crippen molar-refractivity contribution in [2.45, 2.75) is 19.9 Å². The summed E-state index contributed by atoms with van der Waals surface area (Å²) in [7, 11) is 1.76. The summed E-state index contributed by atoms with van der Waals surface area (Å²) < 4.78 is 0. The van der Waals surface area contributed by atoms with E-state index in [9.17, 15) is 4.79 Å². The molecular weight excluding hydrogens is 188 g/mol. The normalized spacial score (nSPS) is 10.0. The molecule has 0 atom stereocenters. The van der Waals surface area contributed by atoms with Crippen molar-refractivity contribution in [1.29, 1.82) is 0 Å². The van der Waals surface area contributed by atoms with Gasteiger partial charge in [-0.3, -0.25) is 4.79 Å². The van der Waals surface area contributed by atoms with E-state index < -0.39 is 0 Å². The zero-order chi connectivity index (χ0) is 11.1. The zero-order valence-corrected chi connectivity index (χ0v) is 9.34. The van der Waals surface area contributed by atoms with Crippen molar-refractivity contribution in [3.8, 4) is 0 Å². The first-order valence-electron chi connectivity index (χ1n) is 5.25. The minimum atomic E-state index is 0.0251. The van der Waals surface area contributed by atoms with Crippen LogP contribution >= 0.6 is 0 Å². The van der Waals surface area contributed by atoms with Gasteiger partial charge < -0.3 is 10.6 Å². The van der Waals surface area contributed by atoms with Crippen molar-refractivity contribution in [3.63, 3.8) is 0 Å². The number of hydrogen-bond donors (Lipinski definition) is 2. The summed E-state index contributed by atoms with van der Waals surface area (Å²) in [5.41, 5.74) is 2.46. The number of benzene rings is 1. The molecule has 0 aromatic heterocycles. The fourth-order valence-corrected chi connectivity index (χ4v) is 1.32. The molecule has 0 saturated heterocycles. The van der Waals surface area contributed by atoms with E-state index in [0.29, 0.717) is 13.1 Å². The van der Waals surface area contributed by atoms with Crippen LogP contribution in [0.5, 0.6) is 0 Å². The van der Waals surface area contributed by atoms with Crippen LogP contribution in [0, 0.1) is 0 Å². The van der Waals surface area contributed by atoms with Gasteiger partial charge in [-0.25, -0.2) is 0 Å². The second-order valence-corrected chi connectivity index (χ2v) is 3.48. The topological polar surface area (TPSA) is 41.1 Å². The second-order valence-electron chi connectivity index (χ2n) is 3.48. The SMILES string of the molecule is CCc1ccc(CNC(=O)CNC)cc1. The van der Waals surface area contributed by atoms with Crippen molar-refractivity contribution >= 4 is 5.91 Å². The van der Waals surface area contributed by atoms with E-state index in [1.807, 2.05) is 0 Å². The average Bonchev–Trinajstić information content (AvgIpc) is 2.27. The maximum Gasteiger partial charge on any atom is 0.234 e. The zero-order valence-electron chi connectivity index (χ0n) is 9.34. The molecule has 82 valence electrons. The average molecular weight is 206 g/mol. The number of carbonyl (C=O) groups excluding carboxylic acids is 1. The second kappa shape index (κ2) is 6.19. The third-order valence-corrected chi connectivity index (χ3v) is 2.26. The molecule has 1 amide bonds. The van der Waals surface area contributed by atoms with Gasteiger partial charge in [-0.2, -0.15) is 0 Å². The van der Waals surface area contributed by atoms with Crippen molar-refractivity contribution in [1.82, 2.24) is 10.6 Å². The highest BCUT2D eigenvalue weighted by molar-refractivity contribution is 5.77. The van der Waals surface area contributed by atoms with Gasteiger partial charge in [0.1, 0.15) is 0 Å². The summed E-state index contributed by atoms with van der Waals surface area (Å²) in [6, 6.07) is 8.30. The molecule has 0 heterocycles. The predicted molar refractivity (Wildman–Crippen MR) is 61.6 cm³/mol. The van der Waals surface area contributed by atoms with E-state index in [1.54, 1.807) is 7.05 Å². The number of nitrogens with one attached hydrogen (secondary N) is 2. The Hall–Kier alpha value is -1.35. The smallest absolute Gasteiger partial charge is 0.234 e. The van der Waals surface area contributed by atoms with Gasteiger partial charge in [-0.05, 0) is 24.6 Å². The molecule has 0 spiro atoms. The van der Waals surface area contributed by atoms with E-state index in [2.05, 4.69) is 41.8 Å². The number of hydrogen-bond acceptors (Lipinski definition) is 2. The van der Waals surface area contributed by atoms with Crippen LogP contribution in [0.4, 0.5) is 0 Å². The molecule has 2 N–H and O–H groups in total. The summed E-state index contributed by atoms with van der Waals surface area (Å²) >= 11 is 0. The van der Waals surface area contributed by atoms with E-state index in [4.69, 9.17) is 0 Å². The molecule has 0 unspecified atom stereocenters. The number of likely N-dealkylation sites (N-methyl/N-ethyl adjacent to an activating group) is 1. The molecule has 0 fully saturated rings. The van der Waals surface area contributed by atoms with E-state index in [0.717, 1.165) is 12.0 Å². The molecule has 0 aliphatic rings. The number of aryl methyl sites for hydroxylation is 1. The van der Waals surface area contributed by atoms with Crippen LogP contribution in [0.3, 0.4) is 0 Å². The van der Waals surface area contributed by atoms with Crippen LogP contribution in [-0.4, -0.2) is 19.5 Å². The first kappa shape index (κ1) is 11.7. The van der Waals surface area contributed by atoms with Crippen molar-refractivity contribution < 1.29 is 4.79 Å². The van der Waals surface area contributed by atoms with Gasteiger partial charge in [0, 0.05) is 6.54 Å². The van der Waals surface area contributed by atoms with Crippen molar-refractivity contribution in [2.75, 3.05) is 13.6 Å². The lowest BCUT2D eigenvalue weighted by Gasteiger charge is -2.05. The fraction of sp³-hybridized carbons (Fsp3) is 0.417. The summed E-state index contributed by atoms with van der Waals surface area (Å²) in [6.45, 7) is 3.10. The highest BCUT2D eigenvalue weighted by Crippen LogP contribution is 2.04. The Morgan fingerprint density at radius 2 is 1.80 bits per heavy atom. The molecule has 3 nitrogen and oxygen atoms in total. The number of amides is 1.